The molecule has 132 valence electrons. The topological polar surface area (TPSA) is 100 Å². The number of ether oxygens (including phenoxy) is 4. The van der Waals surface area contributed by atoms with Gasteiger partial charge in [-0.3, -0.25) is 10.1 Å². The van der Waals surface area contributed by atoms with Crippen molar-refractivity contribution in [3.63, 3.8) is 0 Å². The Morgan fingerprint density at radius 1 is 1.25 bits per heavy atom. The smallest absolute Gasteiger partial charge is 0.413 e. The van der Waals surface area contributed by atoms with E-state index in [0.717, 1.165) is 7.11 Å². The molecule has 2 amide bonds. The Morgan fingerprint density at radius 2 is 1.92 bits per heavy atom. The van der Waals surface area contributed by atoms with Gasteiger partial charge < -0.3 is 18.9 Å². The molecule has 0 bridgehead atoms. The summed E-state index contributed by atoms with van der Waals surface area (Å²) in [5.41, 5.74) is 0.156. The van der Waals surface area contributed by atoms with Crippen LogP contribution in [-0.2, 0) is 14.3 Å². The summed E-state index contributed by atoms with van der Waals surface area (Å²) in [5, 5.41) is 1.92. The molecule has 1 rings (SSSR count). The number of amides is 2. The normalized spacial score (nSPS) is 11.2. The van der Waals surface area contributed by atoms with E-state index in [0.29, 0.717) is 22.6 Å². The number of carbonyl (C=O) groups is 3. The van der Waals surface area contributed by atoms with Crippen LogP contribution in [0.2, 0.25) is 0 Å². The van der Waals surface area contributed by atoms with Crippen LogP contribution in [0.4, 0.5) is 4.79 Å². The summed E-state index contributed by atoms with van der Waals surface area (Å²) < 4.78 is 20.4. The third-order valence-corrected chi connectivity index (χ3v) is 3.40. The Kier molecular flexibility index (Phi) is 7.50. The Hall–Kier alpha value is -2.29. The van der Waals surface area contributed by atoms with E-state index in [2.05, 4.69) is 20.7 Å². The molecular weight excluding hydrogens is 386 g/mol. The fraction of sp³-hybridized carbons (Fsp3) is 0.400. The van der Waals surface area contributed by atoms with E-state index in [4.69, 9.17) is 14.2 Å². The highest BCUT2D eigenvalue weighted by Crippen LogP contribution is 2.36. The molecule has 1 atom stereocenters. The fourth-order valence-corrected chi connectivity index (χ4v) is 2.29. The van der Waals surface area contributed by atoms with Crippen molar-refractivity contribution in [1.82, 2.24) is 5.32 Å². The SMILES string of the molecule is CCOc1cc(C(=O)O[C@@H](C)C(=O)NC(=O)OC)cc(Br)c1OC. The molecule has 8 nitrogen and oxygen atoms in total. The average molecular weight is 404 g/mol. The zero-order valence-electron chi connectivity index (χ0n) is 13.7. The van der Waals surface area contributed by atoms with Gasteiger partial charge in [0.2, 0.25) is 0 Å². The molecule has 0 saturated carbocycles. The van der Waals surface area contributed by atoms with Crippen LogP contribution in [0.25, 0.3) is 0 Å². The molecule has 0 radical (unpaired) electrons. The Morgan fingerprint density at radius 3 is 2.46 bits per heavy atom. The zero-order valence-corrected chi connectivity index (χ0v) is 15.3. The zero-order chi connectivity index (χ0) is 18.3. The molecular formula is C15H18BrNO7. The predicted octanol–water partition coefficient (Wildman–Crippen LogP) is 2.28. The Bertz CT molecular complexity index is 632. The number of carbonyl (C=O) groups excluding carboxylic acids is 3. The predicted molar refractivity (Wildman–Crippen MR) is 87.3 cm³/mol. The molecule has 0 unspecified atom stereocenters. The van der Waals surface area contributed by atoms with Crippen molar-refractivity contribution >= 4 is 33.9 Å². The van der Waals surface area contributed by atoms with Crippen LogP contribution in [0.3, 0.4) is 0 Å². The summed E-state index contributed by atoms with van der Waals surface area (Å²) in [6, 6.07) is 2.93. The minimum atomic E-state index is -1.19. The van der Waals surface area contributed by atoms with Crippen LogP contribution in [0.5, 0.6) is 11.5 Å². The highest BCUT2D eigenvalue weighted by atomic mass is 79.9. The number of rotatable bonds is 6. The Labute approximate surface area is 147 Å². The summed E-state index contributed by atoms with van der Waals surface area (Å²) in [6.45, 7) is 3.50. The first-order chi connectivity index (χ1) is 11.3. The maximum absolute atomic E-state index is 12.2. The molecule has 1 aromatic rings. The van der Waals surface area contributed by atoms with Gasteiger partial charge in [0.25, 0.3) is 5.91 Å². The van der Waals surface area contributed by atoms with Gasteiger partial charge in [-0.25, -0.2) is 9.59 Å². The lowest BCUT2D eigenvalue weighted by Crippen LogP contribution is -2.39. The second kappa shape index (κ2) is 9.11. The monoisotopic (exact) mass is 403 g/mol. The third kappa shape index (κ3) is 5.12. The standard InChI is InChI=1S/C15H18BrNO7/c1-5-23-11-7-9(6-10(16)12(11)21-3)14(19)24-8(2)13(18)17-15(20)22-4/h6-8H,5H2,1-4H3,(H,17,18,20)/t8-/m0/s1. The summed E-state index contributed by atoms with van der Waals surface area (Å²) in [6.07, 6.45) is -2.12. The van der Waals surface area contributed by atoms with Crippen molar-refractivity contribution in [2.24, 2.45) is 0 Å². The number of halogens is 1. The van der Waals surface area contributed by atoms with Crippen LogP contribution < -0.4 is 14.8 Å². The van der Waals surface area contributed by atoms with E-state index in [-0.39, 0.29) is 5.56 Å². The van der Waals surface area contributed by atoms with E-state index >= 15 is 0 Å². The van der Waals surface area contributed by atoms with Gasteiger partial charge >= 0.3 is 12.1 Å². The van der Waals surface area contributed by atoms with Gasteiger partial charge in [0.15, 0.2) is 17.6 Å². The van der Waals surface area contributed by atoms with E-state index < -0.39 is 24.1 Å². The number of nitrogens with one attached hydrogen (secondary N) is 1. The molecule has 9 heteroatoms. The number of alkyl carbamates (subject to hydrolysis) is 1. The van der Waals surface area contributed by atoms with Gasteiger partial charge in [-0.1, -0.05) is 0 Å². The van der Waals surface area contributed by atoms with Crippen molar-refractivity contribution in [1.29, 1.82) is 0 Å². The maximum atomic E-state index is 12.2. The molecule has 0 aliphatic carbocycles. The van der Waals surface area contributed by atoms with Gasteiger partial charge in [0.05, 0.1) is 30.9 Å². The lowest BCUT2D eigenvalue weighted by molar-refractivity contribution is -0.128. The molecule has 0 spiro atoms. The second-order valence-corrected chi connectivity index (χ2v) is 5.31. The fourth-order valence-electron chi connectivity index (χ4n) is 1.68. The van der Waals surface area contributed by atoms with Gasteiger partial charge in [0.1, 0.15) is 0 Å². The van der Waals surface area contributed by atoms with Gasteiger partial charge in [-0.2, -0.15) is 0 Å². The van der Waals surface area contributed by atoms with Crippen LogP contribution >= 0.6 is 15.9 Å². The number of benzene rings is 1. The molecule has 0 saturated heterocycles. The van der Waals surface area contributed by atoms with Gasteiger partial charge in [0, 0.05) is 0 Å². The highest BCUT2D eigenvalue weighted by molar-refractivity contribution is 9.10. The molecule has 0 aromatic heterocycles. The first kappa shape index (κ1) is 19.8. The van der Waals surface area contributed by atoms with Crippen LogP contribution in [0.1, 0.15) is 24.2 Å². The van der Waals surface area contributed by atoms with E-state index in [1.54, 1.807) is 6.92 Å². The van der Waals surface area contributed by atoms with Crippen molar-refractivity contribution in [2.75, 3.05) is 20.8 Å². The first-order valence-electron chi connectivity index (χ1n) is 6.94. The second-order valence-electron chi connectivity index (χ2n) is 4.45. The lowest BCUT2D eigenvalue weighted by Gasteiger charge is -2.15. The van der Waals surface area contributed by atoms with E-state index in [9.17, 15) is 14.4 Å². The molecule has 0 fully saturated rings. The minimum absolute atomic E-state index is 0.156. The van der Waals surface area contributed by atoms with Crippen molar-refractivity contribution in [3.05, 3.63) is 22.2 Å². The molecule has 0 aliphatic heterocycles. The average Bonchev–Trinajstić information content (AvgIpc) is 2.54. The van der Waals surface area contributed by atoms with Crippen LogP contribution in [-0.4, -0.2) is 44.9 Å². The summed E-state index contributed by atoms with van der Waals surface area (Å²) in [7, 11) is 2.59. The number of hydrogen-bond donors (Lipinski definition) is 1. The summed E-state index contributed by atoms with van der Waals surface area (Å²) in [4.78, 5) is 34.8. The van der Waals surface area contributed by atoms with Crippen molar-refractivity contribution < 1.29 is 33.3 Å². The van der Waals surface area contributed by atoms with Crippen LogP contribution in [0.15, 0.2) is 16.6 Å². The third-order valence-electron chi connectivity index (χ3n) is 2.81. The van der Waals surface area contributed by atoms with Gasteiger partial charge in [-0.05, 0) is 41.9 Å². The van der Waals surface area contributed by atoms with E-state index in [1.165, 1.54) is 26.2 Å². The summed E-state index contributed by atoms with van der Waals surface area (Å²) >= 11 is 3.28. The molecule has 0 aliphatic rings. The summed E-state index contributed by atoms with van der Waals surface area (Å²) in [5.74, 6) is -0.766. The molecule has 0 heterocycles. The quantitative estimate of drug-likeness (QED) is 0.726. The van der Waals surface area contributed by atoms with Gasteiger partial charge in [-0.15, -0.1) is 0 Å². The van der Waals surface area contributed by atoms with Crippen molar-refractivity contribution in [3.8, 4) is 11.5 Å². The molecule has 1 aromatic carbocycles. The Balaban J connectivity index is 2.91. The number of hydrogen-bond acceptors (Lipinski definition) is 7. The number of imide groups is 1. The lowest BCUT2D eigenvalue weighted by atomic mass is 10.2. The largest absolute Gasteiger partial charge is 0.492 e. The van der Waals surface area contributed by atoms with Crippen molar-refractivity contribution in [2.45, 2.75) is 20.0 Å². The van der Waals surface area contributed by atoms with E-state index in [1.807, 2.05) is 5.32 Å². The number of methoxy groups -OCH3 is 2. The molecule has 1 N–H and O–H groups in total. The van der Waals surface area contributed by atoms with Crippen LogP contribution in [0, 0.1) is 0 Å². The first-order valence-corrected chi connectivity index (χ1v) is 7.73. The minimum Gasteiger partial charge on any atom is -0.492 e. The molecule has 24 heavy (non-hydrogen) atoms. The number of esters is 1. The highest BCUT2D eigenvalue weighted by Gasteiger charge is 2.23. The maximum Gasteiger partial charge on any atom is 0.413 e.